The van der Waals surface area contributed by atoms with E-state index in [2.05, 4.69) is 41.7 Å². The van der Waals surface area contributed by atoms with Gasteiger partial charge in [-0.25, -0.2) is 0 Å². The summed E-state index contributed by atoms with van der Waals surface area (Å²) in [5.41, 5.74) is 3.69. The first kappa shape index (κ1) is 16.0. The summed E-state index contributed by atoms with van der Waals surface area (Å²) in [6.45, 7) is 5.49. The second kappa shape index (κ2) is 8.14. The summed E-state index contributed by atoms with van der Waals surface area (Å²) in [6.07, 6.45) is 2.58. The molecule has 23 heavy (non-hydrogen) atoms. The highest BCUT2D eigenvalue weighted by atomic mass is 16.5. The molecule has 122 valence electrons. The van der Waals surface area contributed by atoms with Gasteiger partial charge >= 0.3 is 0 Å². The molecule has 3 heteroatoms. The maximum absolute atomic E-state index is 6.13. The Kier molecular flexibility index (Phi) is 5.67. The Morgan fingerprint density at radius 1 is 1.00 bits per heavy atom. The Hall–Kier alpha value is -1.84. The van der Waals surface area contributed by atoms with E-state index >= 15 is 0 Å². The highest BCUT2D eigenvalue weighted by Gasteiger charge is 2.14. The van der Waals surface area contributed by atoms with Gasteiger partial charge in [0.1, 0.15) is 5.75 Å². The first-order valence-corrected chi connectivity index (χ1v) is 8.50. The van der Waals surface area contributed by atoms with Crippen LogP contribution in [0.2, 0.25) is 0 Å². The molecule has 1 saturated heterocycles. The van der Waals surface area contributed by atoms with Crippen molar-refractivity contribution in [2.45, 2.75) is 32.5 Å². The summed E-state index contributed by atoms with van der Waals surface area (Å²) in [6, 6.07) is 16.8. The molecule has 3 nitrogen and oxygen atoms in total. The lowest BCUT2D eigenvalue weighted by Crippen LogP contribution is -2.32. The average molecular weight is 311 g/mol. The van der Waals surface area contributed by atoms with Crippen LogP contribution in [0.4, 0.5) is 0 Å². The molecule has 0 atom stereocenters. The largest absolute Gasteiger partial charge is 0.494 e. The Morgan fingerprint density at radius 2 is 1.74 bits per heavy atom. The van der Waals surface area contributed by atoms with E-state index in [0.29, 0.717) is 19.3 Å². The third-order valence-corrected chi connectivity index (χ3v) is 4.25. The zero-order chi connectivity index (χ0) is 15.9. The van der Waals surface area contributed by atoms with Gasteiger partial charge in [0.2, 0.25) is 0 Å². The van der Waals surface area contributed by atoms with Crippen LogP contribution in [0.3, 0.4) is 0 Å². The Balaban J connectivity index is 1.71. The van der Waals surface area contributed by atoms with Crippen molar-refractivity contribution < 1.29 is 9.47 Å². The van der Waals surface area contributed by atoms with Crippen LogP contribution in [0.15, 0.2) is 48.5 Å². The van der Waals surface area contributed by atoms with Crippen molar-refractivity contribution in [2.24, 2.45) is 0 Å². The zero-order valence-corrected chi connectivity index (χ0v) is 13.8. The number of ether oxygens (including phenoxy) is 2. The van der Waals surface area contributed by atoms with Crippen LogP contribution in [-0.4, -0.2) is 25.8 Å². The van der Waals surface area contributed by atoms with Crippen LogP contribution >= 0.6 is 0 Å². The normalized spacial score (nSPS) is 15.5. The first-order valence-electron chi connectivity index (χ1n) is 8.50. The summed E-state index contributed by atoms with van der Waals surface area (Å²) in [4.78, 5) is 0. The van der Waals surface area contributed by atoms with Crippen molar-refractivity contribution in [3.8, 4) is 16.9 Å². The van der Waals surface area contributed by atoms with E-state index in [1.165, 1.54) is 16.7 Å². The van der Waals surface area contributed by atoms with Gasteiger partial charge in [0.15, 0.2) is 0 Å². The fourth-order valence-corrected chi connectivity index (χ4v) is 2.99. The molecule has 1 aliphatic rings. The molecular formula is C20H25NO2. The molecule has 0 aromatic heterocycles. The van der Waals surface area contributed by atoms with E-state index in [9.17, 15) is 0 Å². The van der Waals surface area contributed by atoms with Crippen LogP contribution in [0.5, 0.6) is 5.75 Å². The molecule has 1 heterocycles. The van der Waals surface area contributed by atoms with Crippen molar-refractivity contribution >= 4 is 0 Å². The lowest BCUT2D eigenvalue weighted by molar-refractivity contribution is 0.0214. The van der Waals surface area contributed by atoms with Crippen LogP contribution < -0.4 is 10.1 Å². The van der Waals surface area contributed by atoms with Gasteiger partial charge in [-0.05, 0) is 61.7 Å². The third-order valence-electron chi connectivity index (χ3n) is 4.25. The van der Waals surface area contributed by atoms with Gasteiger partial charge in [0, 0.05) is 0 Å². The van der Waals surface area contributed by atoms with E-state index < -0.39 is 0 Å². The van der Waals surface area contributed by atoms with E-state index in [4.69, 9.17) is 9.47 Å². The monoisotopic (exact) mass is 311 g/mol. The summed E-state index contributed by atoms with van der Waals surface area (Å²) >= 11 is 0. The van der Waals surface area contributed by atoms with E-state index in [1.807, 2.05) is 19.1 Å². The van der Waals surface area contributed by atoms with Crippen LogP contribution in [0.25, 0.3) is 11.1 Å². The van der Waals surface area contributed by atoms with Gasteiger partial charge in [-0.2, -0.15) is 0 Å². The lowest BCUT2D eigenvalue weighted by Gasteiger charge is -2.23. The van der Waals surface area contributed by atoms with E-state index in [-0.39, 0.29) is 0 Å². The highest BCUT2D eigenvalue weighted by molar-refractivity contribution is 5.67. The molecule has 2 aromatic carbocycles. The smallest absolute Gasteiger partial charge is 0.119 e. The van der Waals surface area contributed by atoms with Gasteiger partial charge in [-0.1, -0.05) is 36.4 Å². The zero-order valence-electron chi connectivity index (χ0n) is 13.8. The predicted octanol–water partition coefficient (Wildman–Crippen LogP) is 4.02. The second-order valence-electron chi connectivity index (χ2n) is 5.87. The molecule has 2 aromatic rings. The molecule has 0 saturated carbocycles. The molecule has 0 unspecified atom stereocenters. The third kappa shape index (κ3) is 4.34. The van der Waals surface area contributed by atoms with Gasteiger partial charge in [0.05, 0.1) is 19.3 Å². The molecule has 1 N–H and O–H groups in total. The molecule has 0 aliphatic carbocycles. The van der Waals surface area contributed by atoms with Gasteiger partial charge < -0.3 is 14.8 Å². The van der Waals surface area contributed by atoms with Crippen molar-refractivity contribution in [1.82, 2.24) is 5.32 Å². The molecular weight excluding hydrogens is 286 g/mol. The fraction of sp³-hybridized carbons (Fsp3) is 0.400. The van der Waals surface area contributed by atoms with Crippen LogP contribution in [-0.2, 0) is 11.3 Å². The van der Waals surface area contributed by atoms with Crippen LogP contribution in [0.1, 0.15) is 25.3 Å². The number of benzene rings is 2. The Bertz CT molecular complexity index is 603. The minimum absolute atomic E-state index is 0.379. The standard InChI is InChI=1S/C20H25NO2/c1-2-22-18-9-7-16(8-10-18)20-6-4-3-5-17(20)15-23-19-11-13-21-14-12-19/h3-10,19,21H,2,11-15H2,1H3. The molecule has 0 amide bonds. The lowest BCUT2D eigenvalue weighted by atomic mass is 10.00. The molecule has 1 fully saturated rings. The summed E-state index contributed by atoms with van der Waals surface area (Å²) in [7, 11) is 0. The number of rotatable bonds is 6. The Morgan fingerprint density at radius 3 is 2.48 bits per heavy atom. The number of hydrogen-bond donors (Lipinski definition) is 1. The maximum atomic E-state index is 6.13. The van der Waals surface area contributed by atoms with E-state index in [0.717, 1.165) is 31.7 Å². The quantitative estimate of drug-likeness (QED) is 0.874. The summed E-state index contributed by atoms with van der Waals surface area (Å²) in [5, 5.41) is 3.37. The predicted molar refractivity (Wildman–Crippen MR) is 93.7 cm³/mol. The Labute approximate surface area is 138 Å². The van der Waals surface area contributed by atoms with E-state index in [1.54, 1.807) is 0 Å². The fourth-order valence-electron chi connectivity index (χ4n) is 2.99. The minimum atomic E-state index is 0.379. The number of hydrogen-bond acceptors (Lipinski definition) is 3. The number of piperidine rings is 1. The van der Waals surface area contributed by atoms with Crippen molar-refractivity contribution in [3.63, 3.8) is 0 Å². The van der Waals surface area contributed by atoms with Crippen LogP contribution in [0, 0.1) is 0 Å². The first-order chi connectivity index (χ1) is 11.4. The number of nitrogens with one attached hydrogen (secondary N) is 1. The van der Waals surface area contributed by atoms with Gasteiger partial charge in [-0.15, -0.1) is 0 Å². The molecule has 0 spiro atoms. The molecule has 0 radical (unpaired) electrons. The molecule has 0 bridgehead atoms. The summed E-state index contributed by atoms with van der Waals surface area (Å²) in [5.74, 6) is 0.916. The topological polar surface area (TPSA) is 30.5 Å². The summed E-state index contributed by atoms with van der Waals surface area (Å²) < 4.78 is 11.7. The van der Waals surface area contributed by atoms with Crippen molar-refractivity contribution in [2.75, 3.05) is 19.7 Å². The van der Waals surface area contributed by atoms with Gasteiger partial charge in [-0.3, -0.25) is 0 Å². The van der Waals surface area contributed by atoms with Gasteiger partial charge in [0.25, 0.3) is 0 Å². The van der Waals surface area contributed by atoms with Crippen molar-refractivity contribution in [1.29, 1.82) is 0 Å². The minimum Gasteiger partial charge on any atom is -0.494 e. The molecule has 3 rings (SSSR count). The second-order valence-corrected chi connectivity index (χ2v) is 5.87. The highest BCUT2D eigenvalue weighted by Crippen LogP contribution is 2.27. The SMILES string of the molecule is CCOc1ccc(-c2ccccc2COC2CCNCC2)cc1. The van der Waals surface area contributed by atoms with Crippen molar-refractivity contribution in [3.05, 3.63) is 54.1 Å². The molecule has 1 aliphatic heterocycles. The average Bonchev–Trinajstić information content (AvgIpc) is 2.62. The maximum Gasteiger partial charge on any atom is 0.119 e.